The molecule has 0 radical (unpaired) electrons. The lowest BCUT2D eigenvalue weighted by molar-refractivity contribution is 0.0993. The number of aryl methyl sites for hydroxylation is 3. The molecule has 2 rings (SSSR count). The first-order valence-electron chi connectivity index (χ1n) is 6.43. The molecular weight excluding hydrogens is 234 g/mol. The van der Waals surface area contributed by atoms with E-state index in [-0.39, 0.29) is 5.78 Å². The molecule has 2 heteroatoms. The van der Waals surface area contributed by atoms with Gasteiger partial charge in [0.15, 0.2) is 5.78 Å². The number of hydrogen-bond donors (Lipinski definition) is 1. The Hall–Kier alpha value is -2.09. The molecule has 2 aromatic rings. The van der Waals surface area contributed by atoms with Crippen LogP contribution in [0.1, 0.15) is 32.6 Å². The van der Waals surface area contributed by atoms with E-state index in [2.05, 4.69) is 26.0 Å². The first-order chi connectivity index (χ1) is 8.97. The number of benzene rings is 2. The van der Waals surface area contributed by atoms with Crippen molar-refractivity contribution in [3.8, 4) is 0 Å². The molecule has 0 fully saturated rings. The van der Waals surface area contributed by atoms with Gasteiger partial charge in [0.2, 0.25) is 0 Å². The van der Waals surface area contributed by atoms with E-state index in [0.29, 0.717) is 6.42 Å². The minimum atomic E-state index is 0.131. The van der Waals surface area contributed by atoms with Gasteiger partial charge in [-0.2, -0.15) is 0 Å². The highest BCUT2D eigenvalue weighted by Crippen LogP contribution is 2.16. The average Bonchev–Trinajstić information content (AvgIpc) is 2.37. The van der Waals surface area contributed by atoms with E-state index < -0.39 is 0 Å². The molecule has 0 aliphatic heterocycles. The van der Waals surface area contributed by atoms with Crippen LogP contribution in [0.4, 0.5) is 5.69 Å². The molecule has 0 amide bonds. The molecule has 0 aromatic heterocycles. The minimum Gasteiger partial charge on any atom is -0.399 e. The number of rotatable bonds is 3. The van der Waals surface area contributed by atoms with Gasteiger partial charge in [-0.05, 0) is 61.2 Å². The second kappa shape index (κ2) is 5.27. The van der Waals surface area contributed by atoms with Gasteiger partial charge in [0.1, 0.15) is 0 Å². The smallest absolute Gasteiger partial charge is 0.167 e. The average molecular weight is 253 g/mol. The van der Waals surface area contributed by atoms with Crippen molar-refractivity contribution in [1.29, 1.82) is 0 Å². The number of nitrogens with two attached hydrogens (primary N) is 1. The van der Waals surface area contributed by atoms with Crippen LogP contribution in [0.2, 0.25) is 0 Å². The lowest BCUT2D eigenvalue weighted by Crippen LogP contribution is -2.05. The van der Waals surface area contributed by atoms with Gasteiger partial charge in [0, 0.05) is 17.7 Å². The van der Waals surface area contributed by atoms with Crippen molar-refractivity contribution in [2.24, 2.45) is 0 Å². The lowest BCUT2D eigenvalue weighted by atomic mass is 9.98. The van der Waals surface area contributed by atoms with Gasteiger partial charge in [0.05, 0.1) is 0 Å². The normalized spacial score (nSPS) is 10.5. The Morgan fingerprint density at radius 1 is 0.947 bits per heavy atom. The van der Waals surface area contributed by atoms with Crippen molar-refractivity contribution >= 4 is 11.5 Å². The quantitative estimate of drug-likeness (QED) is 0.670. The van der Waals surface area contributed by atoms with E-state index in [1.807, 2.05) is 19.1 Å². The van der Waals surface area contributed by atoms with Crippen LogP contribution in [-0.2, 0) is 6.42 Å². The molecule has 0 atom stereocenters. The van der Waals surface area contributed by atoms with E-state index in [4.69, 9.17) is 5.73 Å². The molecule has 0 heterocycles. The van der Waals surface area contributed by atoms with Crippen LogP contribution in [0.15, 0.2) is 36.4 Å². The van der Waals surface area contributed by atoms with Gasteiger partial charge >= 0.3 is 0 Å². The first kappa shape index (κ1) is 13.3. The summed E-state index contributed by atoms with van der Waals surface area (Å²) in [5.41, 5.74) is 11.7. The molecule has 0 spiro atoms. The summed E-state index contributed by atoms with van der Waals surface area (Å²) < 4.78 is 0. The number of anilines is 1. The third-order valence-corrected chi connectivity index (χ3v) is 3.53. The van der Waals surface area contributed by atoms with Crippen LogP contribution in [-0.4, -0.2) is 5.78 Å². The van der Waals surface area contributed by atoms with Crippen LogP contribution in [0.3, 0.4) is 0 Å². The Kier molecular flexibility index (Phi) is 3.70. The van der Waals surface area contributed by atoms with E-state index >= 15 is 0 Å². The minimum absolute atomic E-state index is 0.131. The molecule has 0 aliphatic rings. The third kappa shape index (κ3) is 3.02. The Balaban J connectivity index is 2.20. The fraction of sp³-hybridized carbons (Fsp3) is 0.235. The highest BCUT2D eigenvalue weighted by molar-refractivity contribution is 5.98. The summed E-state index contributed by atoms with van der Waals surface area (Å²) in [6.45, 7) is 6.06. The number of nitrogen functional groups attached to an aromatic ring is 1. The van der Waals surface area contributed by atoms with Gasteiger partial charge in [-0.3, -0.25) is 4.79 Å². The van der Waals surface area contributed by atoms with Crippen molar-refractivity contribution < 1.29 is 4.79 Å². The maximum Gasteiger partial charge on any atom is 0.167 e. The van der Waals surface area contributed by atoms with Gasteiger partial charge in [-0.15, -0.1) is 0 Å². The number of carbonyl (C=O) groups is 1. The molecule has 98 valence electrons. The van der Waals surface area contributed by atoms with Crippen LogP contribution in [0.25, 0.3) is 0 Å². The summed E-state index contributed by atoms with van der Waals surface area (Å²) in [6.07, 6.45) is 0.435. The van der Waals surface area contributed by atoms with Crippen LogP contribution in [0, 0.1) is 20.8 Å². The van der Waals surface area contributed by atoms with Crippen molar-refractivity contribution in [1.82, 2.24) is 0 Å². The highest BCUT2D eigenvalue weighted by atomic mass is 16.1. The van der Waals surface area contributed by atoms with Crippen molar-refractivity contribution in [2.45, 2.75) is 27.2 Å². The Bertz CT molecular complexity index is 629. The molecule has 19 heavy (non-hydrogen) atoms. The molecule has 0 bridgehead atoms. The SMILES string of the molecule is Cc1ccc(CC(=O)c2ccc(N)c(C)c2)cc1C. The van der Waals surface area contributed by atoms with Crippen LogP contribution < -0.4 is 5.73 Å². The predicted octanol–water partition coefficient (Wildman–Crippen LogP) is 3.62. The Morgan fingerprint density at radius 3 is 2.32 bits per heavy atom. The molecule has 2 N–H and O–H groups in total. The van der Waals surface area contributed by atoms with E-state index in [0.717, 1.165) is 22.4 Å². The van der Waals surface area contributed by atoms with Gasteiger partial charge in [0.25, 0.3) is 0 Å². The summed E-state index contributed by atoms with van der Waals surface area (Å²) in [6, 6.07) is 11.6. The van der Waals surface area contributed by atoms with E-state index in [1.165, 1.54) is 11.1 Å². The van der Waals surface area contributed by atoms with Gasteiger partial charge in [-0.1, -0.05) is 18.2 Å². The predicted molar refractivity (Wildman–Crippen MR) is 79.5 cm³/mol. The Morgan fingerprint density at radius 2 is 1.68 bits per heavy atom. The van der Waals surface area contributed by atoms with Crippen molar-refractivity contribution in [2.75, 3.05) is 5.73 Å². The molecule has 0 aliphatic carbocycles. The zero-order valence-electron chi connectivity index (χ0n) is 11.7. The molecule has 0 saturated heterocycles. The maximum absolute atomic E-state index is 12.2. The van der Waals surface area contributed by atoms with Crippen molar-refractivity contribution in [3.05, 3.63) is 64.2 Å². The second-order valence-corrected chi connectivity index (χ2v) is 5.09. The molecule has 0 unspecified atom stereocenters. The second-order valence-electron chi connectivity index (χ2n) is 5.09. The monoisotopic (exact) mass is 253 g/mol. The maximum atomic E-state index is 12.2. The number of hydrogen-bond acceptors (Lipinski definition) is 2. The van der Waals surface area contributed by atoms with Crippen LogP contribution >= 0.6 is 0 Å². The van der Waals surface area contributed by atoms with Gasteiger partial charge in [-0.25, -0.2) is 0 Å². The largest absolute Gasteiger partial charge is 0.399 e. The van der Waals surface area contributed by atoms with E-state index in [9.17, 15) is 4.79 Å². The summed E-state index contributed by atoms with van der Waals surface area (Å²) >= 11 is 0. The standard InChI is InChI=1S/C17H19NO/c1-11-4-5-14(8-12(11)2)10-17(19)15-6-7-16(18)13(3)9-15/h4-9H,10,18H2,1-3H3. The summed E-state index contributed by atoms with van der Waals surface area (Å²) in [7, 11) is 0. The van der Waals surface area contributed by atoms with E-state index in [1.54, 1.807) is 12.1 Å². The molecule has 0 saturated carbocycles. The highest BCUT2D eigenvalue weighted by Gasteiger charge is 2.08. The fourth-order valence-electron chi connectivity index (χ4n) is 2.05. The first-order valence-corrected chi connectivity index (χ1v) is 6.43. The summed E-state index contributed by atoms with van der Waals surface area (Å²) in [4.78, 5) is 12.2. The zero-order valence-corrected chi connectivity index (χ0v) is 11.7. The Labute approximate surface area is 114 Å². The fourth-order valence-corrected chi connectivity index (χ4v) is 2.05. The summed E-state index contributed by atoms with van der Waals surface area (Å²) in [5, 5.41) is 0. The topological polar surface area (TPSA) is 43.1 Å². The lowest BCUT2D eigenvalue weighted by Gasteiger charge is -2.07. The summed E-state index contributed by atoms with van der Waals surface area (Å²) in [5.74, 6) is 0.131. The van der Waals surface area contributed by atoms with Crippen molar-refractivity contribution in [3.63, 3.8) is 0 Å². The van der Waals surface area contributed by atoms with Gasteiger partial charge < -0.3 is 5.73 Å². The molecular formula is C17H19NO. The van der Waals surface area contributed by atoms with Crippen LogP contribution in [0.5, 0.6) is 0 Å². The number of carbonyl (C=O) groups excluding carboxylic acids is 1. The zero-order chi connectivity index (χ0) is 14.0. The molecule has 2 aromatic carbocycles. The molecule has 2 nitrogen and oxygen atoms in total. The number of Topliss-reactive ketones (excluding diaryl/α,β-unsaturated/α-hetero) is 1. The number of ketones is 1. The third-order valence-electron chi connectivity index (χ3n) is 3.53.